The molecule has 0 aromatic heterocycles. The third-order valence-corrected chi connectivity index (χ3v) is 6.65. The quantitative estimate of drug-likeness (QED) is 0.264. The van der Waals surface area contributed by atoms with Crippen LogP contribution in [0.3, 0.4) is 0 Å². The average Bonchev–Trinajstić information content (AvgIpc) is 2.97. The van der Waals surface area contributed by atoms with Crippen LogP contribution >= 0.6 is 15.9 Å². The molecule has 0 spiro atoms. The third kappa shape index (κ3) is 2.72. The van der Waals surface area contributed by atoms with Crippen molar-refractivity contribution in [2.24, 2.45) is 0 Å². The molecule has 0 amide bonds. The van der Waals surface area contributed by atoms with Gasteiger partial charge in [0, 0.05) is 4.47 Å². The van der Waals surface area contributed by atoms with Crippen molar-refractivity contribution in [3.63, 3.8) is 0 Å². The van der Waals surface area contributed by atoms with Crippen molar-refractivity contribution < 1.29 is 0 Å². The largest absolute Gasteiger partial charge is 0.0714 e. The van der Waals surface area contributed by atoms with E-state index in [0.29, 0.717) is 0 Å². The van der Waals surface area contributed by atoms with Crippen molar-refractivity contribution in [2.75, 3.05) is 0 Å². The van der Waals surface area contributed by atoms with Crippen LogP contribution in [0.5, 0.6) is 0 Å². The van der Waals surface area contributed by atoms with Crippen LogP contribution in [0, 0.1) is 20.8 Å². The fourth-order valence-corrected chi connectivity index (χ4v) is 5.32. The highest BCUT2D eigenvalue weighted by Gasteiger charge is 2.46. The van der Waals surface area contributed by atoms with E-state index in [9.17, 15) is 0 Å². The van der Waals surface area contributed by atoms with Crippen LogP contribution in [0.2, 0.25) is 0 Å². The molecule has 1 aliphatic rings. The fraction of sp³-hybridized carbons (Fsp3) is 0.143. The molecule has 0 bridgehead atoms. The molecule has 0 saturated carbocycles. The van der Waals surface area contributed by atoms with Gasteiger partial charge in [-0.05, 0) is 66.3 Å². The summed E-state index contributed by atoms with van der Waals surface area (Å²) in [6.07, 6.45) is 0. The summed E-state index contributed by atoms with van der Waals surface area (Å²) in [6.45, 7) is 6.55. The molecule has 0 radical (unpaired) electrons. The molecule has 5 rings (SSSR count). The molecule has 4 aromatic carbocycles. The second-order valence-electron chi connectivity index (χ2n) is 8.23. The molecule has 29 heavy (non-hydrogen) atoms. The van der Waals surface area contributed by atoms with Gasteiger partial charge in [-0.15, -0.1) is 0 Å². The van der Waals surface area contributed by atoms with Crippen LogP contribution in [0.1, 0.15) is 38.9 Å². The maximum Gasteiger partial charge on any atom is 0.0714 e. The van der Waals surface area contributed by atoms with Crippen molar-refractivity contribution in [1.29, 1.82) is 0 Å². The molecule has 1 heteroatoms. The Bertz CT molecular complexity index is 1150. The molecule has 0 saturated heterocycles. The second kappa shape index (κ2) is 6.71. The summed E-state index contributed by atoms with van der Waals surface area (Å²) < 4.78 is 1.12. The van der Waals surface area contributed by atoms with E-state index in [2.05, 4.69) is 122 Å². The molecule has 0 atom stereocenters. The molecule has 0 nitrogen and oxygen atoms in total. The fourth-order valence-electron chi connectivity index (χ4n) is 4.96. The monoisotopic (exact) mass is 438 g/mol. The van der Waals surface area contributed by atoms with Gasteiger partial charge in [-0.25, -0.2) is 0 Å². The molecular formula is C28H23Br. The van der Waals surface area contributed by atoms with Gasteiger partial charge in [0.25, 0.3) is 0 Å². The summed E-state index contributed by atoms with van der Waals surface area (Å²) in [6, 6.07) is 31.7. The molecule has 0 fully saturated rings. The zero-order valence-corrected chi connectivity index (χ0v) is 18.5. The molecule has 142 valence electrons. The summed E-state index contributed by atoms with van der Waals surface area (Å²) in [5.74, 6) is 0. The van der Waals surface area contributed by atoms with E-state index in [1.807, 2.05) is 0 Å². The lowest BCUT2D eigenvalue weighted by atomic mass is 9.67. The summed E-state index contributed by atoms with van der Waals surface area (Å²) >= 11 is 3.75. The smallest absolute Gasteiger partial charge is 0.0617 e. The lowest BCUT2D eigenvalue weighted by molar-refractivity contribution is 0.764. The van der Waals surface area contributed by atoms with E-state index in [1.165, 1.54) is 50.1 Å². The van der Waals surface area contributed by atoms with Crippen molar-refractivity contribution in [2.45, 2.75) is 26.2 Å². The van der Waals surface area contributed by atoms with Crippen LogP contribution in [-0.2, 0) is 5.41 Å². The van der Waals surface area contributed by atoms with E-state index < -0.39 is 0 Å². The molecule has 0 aliphatic heterocycles. The highest BCUT2D eigenvalue weighted by atomic mass is 79.9. The summed E-state index contributed by atoms with van der Waals surface area (Å²) in [5.41, 5.74) is 11.6. The maximum absolute atomic E-state index is 3.75. The predicted octanol–water partition coefficient (Wildman–Crippen LogP) is 7.74. The van der Waals surface area contributed by atoms with Gasteiger partial charge in [0.2, 0.25) is 0 Å². The number of hydrogen-bond donors (Lipinski definition) is 0. The number of fused-ring (bicyclic) bond motifs is 3. The summed E-state index contributed by atoms with van der Waals surface area (Å²) in [4.78, 5) is 0. The molecule has 0 unspecified atom stereocenters. The lowest BCUT2D eigenvalue weighted by Crippen LogP contribution is -2.29. The van der Waals surface area contributed by atoms with Crippen molar-refractivity contribution >= 4 is 15.9 Å². The minimum Gasteiger partial charge on any atom is -0.0617 e. The van der Waals surface area contributed by atoms with Crippen LogP contribution in [-0.4, -0.2) is 0 Å². The number of aryl methyl sites for hydroxylation is 3. The molecular weight excluding hydrogens is 416 g/mol. The van der Waals surface area contributed by atoms with E-state index in [-0.39, 0.29) is 5.41 Å². The Morgan fingerprint density at radius 1 is 0.552 bits per heavy atom. The van der Waals surface area contributed by atoms with Gasteiger partial charge in [0.15, 0.2) is 0 Å². The van der Waals surface area contributed by atoms with Crippen molar-refractivity contribution in [3.8, 4) is 11.1 Å². The van der Waals surface area contributed by atoms with Gasteiger partial charge in [-0.1, -0.05) is 105 Å². The Labute approximate surface area is 181 Å². The first-order chi connectivity index (χ1) is 14.0. The van der Waals surface area contributed by atoms with E-state index in [0.717, 1.165) is 4.47 Å². The van der Waals surface area contributed by atoms with Gasteiger partial charge in [-0.3, -0.25) is 0 Å². The number of rotatable bonds is 2. The summed E-state index contributed by atoms with van der Waals surface area (Å²) in [5, 5.41) is 0. The lowest BCUT2D eigenvalue weighted by Gasteiger charge is -2.34. The first kappa shape index (κ1) is 18.4. The van der Waals surface area contributed by atoms with Gasteiger partial charge >= 0.3 is 0 Å². The zero-order chi connectivity index (χ0) is 20.2. The van der Waals surface area contributed by atoms with Gasteiger partial charge in [0.1, 0.15) is 0 Å². The predicted molar refractivity (Wildman–Crippen MR) is 126 cm³/mol. The Morgan fingerprint density at radius 3 is 1.66 bits per heavy atom. The molecule has 4 aromatic rings. The summed E-state index contributed by atoms with van der Waals surface area (Å²) in [7, 11) is 0. The van der Waals surface area contributed by atoms with Crippen LogP contribution in [0.15, 0.2) is 89.4 Å². The highest BCUT2D eigenvalue weighted by Crippen LogP contribution is 2.56. The van der Waals surface area contributed by atoms with Gasteiger partial charge < -0.3 is 0 Å². The number of benzene rings is 4. The Morgan fingerprint density at radius 2 is 1.07 bits per heavy atom. The first-order valence-corrected chi connectivity index (χ1v) is 10.9. The van der Waals surface area contributed by atoms with Crippen molar-refractivity contribution in [3.05, 3.63) is 128 Å². The van der Waals surface area contributed by atoms with E-state index in [4.69, 9.17) is 0 Å². The zero-order valence-electron chi connectivity index (χ0n) is 17.0. The van der Waals surface area contributed by atoms with Crippen molar-refractivity contribution in [1.82, 2.24) is 0 Å². The van der Waals surface area contributed by atoms with Crippen LogP contribution < -0.4 is 0 Å². The Kier molecular flexibility index (Phi) is 4.26. The number of halogens is 1. The minimum atomic E-state index is -0.321. The average molecular weight is 439 g/mol. The van der Waals surface area contributed by atoms with Gasteiger partial charge in [-0.2, -0.15) is 0 Å². The van der Waals surface area contributed by atoms with Crippen LogP contribution in [0.4, 0.5) is 0 Å². The number of hydrogen-bond acceptors (Lipinski definition) is 0. The maximum atomic E-state index is 3.75. The highest BCUT2D eigenvalue weighted by molar-refractivity contribution is 9.10. The first-order valence-electron chi connectivity index (χ1n) is 10.1. The normalized spacial score (nSPS) is 13.8. The minimum absolute atomic E-state index is 0.321. The molecule has 0 N–H and O–H groups in total. The Hall–Kier alpha value is -2.64. The van der Waals surface area contributed by atoms with Crippen LogP contribution in [0.25, 0.3) is 11.1 Å². The van der Waals surface area contributed by atoms with E-state index >= 15 is 0 Å². The van der Waals surface area contributed by atoms with Gasteiger partial charge in [0.05, 0.1) is 5.41 Å². The molecule has 0 heterocycles. The van der Waals surface area contributed by atoms with E-state index in [1.54, 1.807) is 0 Å². The Balaban J connectivity index is 2.01. The standard InChI is InChI=1S/C28H23Br/c1-18-6-4-8-21(14-18)28(22-9-5-7-19(2)15-22)26-16-20(3)10-12-24(26)25-13-11-23(29)17-27(25)28/h4-17H,1-3H3. The SMILES string of the molecule is Cc1cccc(C2(c3cccc(C)c3)c3cc(C)ccc3-c3ccc(Br)cc32)c1. The topological polar surface area (TPSA) is 0 Å². The third-order valence-electron chi connectivity index (χ3n) is 6.16. The second-order valence-corrected chi connectivity index (χ2v) is 9.14. The molecule has 1 aliphatic carbocycles.